The summed E-state index contributed by atoms with van der Waals surface area (Å²) in [7, 11) is 0. The molecular formula is C24H29N5O2. The minimum atomic E-state index is -0.280. The van der Waals surface area contributed by atoms with Crippen LogP contribution in [-0.4, -0.2) is 58.0 Å². The Morgan fingerprint density at radius 3 is 2.39 bits per heavy atom. The average Bonchev–Trinajstić information content (AvgIpc) is 2.81. The summed E-state index contributed by atoms with van der Waals surface area (Å²) in [5.41, 5.74) is 3.41. The number of carbonyl (C=O) groups is 1. The molecule has 0 unspecified atom stereocenters. The second kappa shape index (κ2) is 9.85. The van der Waals surface area contributed by atoms with Gasteiger partial charge in [0.1, 0.15) is 6.54 Å². The molecule has 1 amide bonds. The SMILES string of the molecule is CCN1CCN(Cc2ccc(CNC(=O)Cn3c(=O)cnc4ccccc43)cc2)CC1. The maximum absolute atomic E-state index is 12.5. The molecule has 3 aromatic rings. The van der Waals surface area contributed by atoms with Gasteiger partial charge in [0.05, 0.1) is 17.2 Å². The molecule has 0 saturated carbocycles. The van der Waals surface area contributed by atoms with Crippen LogP contribution in [-0.2, 0) is 24.4 Å². The summed E-state index contributed by atoms with van der Waals surface area (Å²) in [5.74, 6) is -0.198. The highest BCUT2D eigenvalue weighted by Crippen LogP contribution is 2.11. The number of piperazine rings is 1. The number of rotatable bonds is 7. The molecule has 4 rings (SSSR count). The molecule has 7 heteroatoms. The Kier molecular flexibility index (Phi) is 6.74. The van der Waals surface area contributed by atoms with Crippen molar-refractivity contribution in [2.75, 3.05) is 32.7 Å². The first-order chi connectivity index (χ1) is 15.1. The topological polar surface area (TPSA) is 70.5 Å². The minimum Gasteiger partial charge on any atom is -0.350 e. The molecule has 0 spiro atoms. The Labute approximate surface area is 182 Å². The van der Waals surface area contributed by atoms with Crippen molar-refractivity contribution in [3.8, 4) is 0 Å². The van der Waals surface area contributed by atoms with Crippen LogP contribution in [0.15, 0.2) is 59.5 Å². The van der Waals surface area contributed by atoms with E-state index in [2.05, 4.69) is 51.3 Å². The first-order valence-corrected chi connectivity index (χ1v) is 10.9. The minimum absolute atomic E-state index is 0.0241. The second-order valence-corrected chi connectivity index (χ2v) is 7.97. The van der Waals surface area contributed by atoms with Crippen LogP contribution in [0.4, 0.5) is 0 Å². The smallest absolute Gasteiger partial charge is 0.269 e. The Morgan fingerprint density at radius 2 is 1.65 bits per heavy atom. The van der Waals surface area contributed by atoms with Crippen LogP contribution < -0.4 is 10.9 Å². The van der Waals surface area contributed by atoms with Crippen molar-refractivity contribution in [1.82, 2.24) is 24.7 Å². The van der Waals surface area contributed by atoms with Crippen LogP contribution >= 0.6 is 0 Å². The molecule has 0 bridgehead atoms. The zero-order valence-electron chi connectivity index (χ0n) is 18.0. The summed E-state index contributed by atoms with van der Waals surface area (Å²) >= 11 is 0. The van der Waals surface area contributed by atoms with Crippen LogP contribution in [0.5, 0.6) is 0 Å². The summed E-state index contributed by atoms with van der Waals surface area (Å²) in [6, 6.07) is 15.7. The van der Waals surface area contributed by atoms with E-state index < -0.39 is 0 Å². The number of hydrogen-bond acceptors (Lipinski definition) is 5. The zero-order valence-corrected chi connectivity index (χ0v) is 18.0. The van der Waals surface area contributed by atoms with E-state index in [1.807, 2.05) is 18.2 Å². The van der Waals surface area contributed by atoms with E-state index in [4.69, 9.17) is 0 Å². The van der Waals surface area contributed by atoms with E-state index in [-0.39, 0.29) is 18.0 Å². The van der Waals surface area contributed by atoms with Gasteiger partial charge in [-0.2, -0.15) is 0 Å². The van der Waals surface area contributed by atoms with Gasteiger partial charge in [-0.1, -0.05) is 43.3 Å². The Morgan fingerprint density at radius 1 is 0.968 bits per heavy atom. The van der Waals surface area contributed by atoms with Crippen molar-refractivity contribution in [1.29, 1.82) is 0 Å². The van der Waals surface area contributed by atoms with E-state index in [1.165, 1.54) is 16.3 Å². The molecule has 31 heavy (non-hydrogen) atoms. The molecular weight excluding hydrogens is 390 g/mol. The molecule has 0 radical (unpaired) electrons. The molecule has 2 aromatic carbocycles. The Hall–Kier alpha value is -3.03. The summed E-state index contributed by atoms with van der Waals surface area (Å²) in [6.07, 6.45) is 1.26. The third-order valence-electron chi connectivity index (χ3n) is 5.89. The van der Waals surface area contributed by atoms with Crippen molar-refractivity contribution < 1.29 is 4.79 Å². The van der Waals surface area contributed by atoms with Crippen LogP contribution in [0.1, 0.15) is 18.1 Å². The van der Waals surface area contributed by atoms with E-state index in [9.17, 15) is 9.59 Å². The highest BCUT2D eigenvalue weighted by molar-refractivity contribution is 5.79. The highest BCUT2D eigenvalue weighted by Gasteiger charge is 2.15. The van der Waals surface area contributed by atoms with Crippen molar-refractivity contribution in [3.63, 3.8) is 0 Å². The quantitative estimate of drug-likeness (QED) is 0.633. The lowest BCUT2D eigenvalue weighted by atomic mass is 10.1. The molecule has 2 heterocycles. The average molecular weight is 420 g/mol. The largest absolute Gasteiger partial charge is 0.350 e. The van der Waals surface area contributed by atoms with Gasteiger partial charge in [0, 0.05) is 39.3 Å². The standard InChI is InChI=1S/C24H29N5O2/c1-2-27-11-13-28(14-12-27)17-20-9-7-19(8-10-20)15-26-23(30)18-29-22-6-4-3-5-21(22)25-16-24(29)31/h3-10,16H,2,11-15,17-18H2,1H3,(H,26,30). The number of para-hydroxylation sites is 2. The van der Waals surface area contributed by atoms with Crippen LogP contribution in [0.2, 0.25) is 0 Å². The Bertz CT molecular complexity index is 1090. The molecule has 1 N–H and O–H groups in total. The number of aromatic nitrogens is 2. The van der Waals surface area contributed by atoms with Gasteiger partial charge in [-0.05, 0) is 29.8 Å². The molecule has 1 aliphatic rings. The fourth-order valence-corrected chi connectivity index (χ4v) is 3.96. The monoisotopic (exact) mass is 419 g/mol. The summed E-state index contributed by atoms with van der Waals surface area (Å²) in [4.78, 5) is 33.7. The maximum atomic E-state index is 12.5. The molecule has 0 atom stereocenters. The van der Waals surface area contributed by atoms with Crippen LogP contribution in [0, 0.1) is 0 Å². The van der Waals surface area contributed by atoms with Gasteiger partial charge >= 0.3 is 0 Å². The number of benzene rings is 2. The fraction of sp³-hybridized carbons (Fsp3) is 0.375. The van der Waals surface area contributed by atoms with Gasteiger partial charge < -0.3 is 10.2 Å². The molecule has 7 nitrogen and oxygen atoms in total. The van der Waals surface area contributed by atoms with E-state index in [1.54, 1.807) is 6.07 Å². The lowest BCUT2D eigenvalue weighted by molar-refractivity contribution is -0.121. The zero-order chi connectivity index (χ0) is 21.6. The maximum Gasteiger partial charge on any atom is 0.269 e. The van der Waals surface area contributed by atoms with Crippen LogP contribution in [0.3, 0.4) is 0 Å². The number of carbonyl (C=O) groups excluding carboxylic acids is 1. The third-order valence-corrected chi connectivity index (χ3v) is 5.89. The van der Waals surface area contributed by atoms with Gasteiger partial charge in [0.25, 0.3) is 5.56 Å². The number of amides is 1. The number of nitrogens with one attached hydrogen (secondary N) is 1. The summed E-state index contributed by atoms with van der Waals surface area (Å²) in [6.45, 7) is 9.19. The fourth-order valence-electron chi connectivity index (χ4n) is 3.96. The third kappa shape index (κ3) is 5.37. The predicted octanol–water partition coefficient (Wildman–Crippen LogP) is 1.85. The van der Waals surface area contributed by atoms with Gasteiger partial charge in [-0.3, -0.25) is 19.1 Å². The van der Waals surface area contributed by atoms with Crippen molar-refractivity contribution in [3.05, 3.63) is 76.2 Å². The summed E-state index contributed by atoms with van der Waals surface area (Å²) in [5, 5.41) is 2.92. The van der Waals surface area contributed by atoms with Gasteiger partial charge in [0.2, 0.25) is 5.91 Å². The number of hydrogen-bond donors (Lipinski definition) is 1. The Balaban J connectivity index is 1.30. The first kappa shape index (κ1) is 21.2. The van der Waals surface area contributed by atoms with Gasteiger partial charge in [0.15, 0.2) is 0 Å². The first-order valence-electron chi connectivity index (χ1n) is 10.9. The molecule has 1 aromatic heterocycles. The number of fused-ring (bicyclic) bond motifs is 1. The lowest BCUT2D eigenvalue weighted by Crippen LogP contribution is -2.45. The normalized spacial score (nSPS) is 15.3. The van der Waals surface area contributed by atoms with Crippen LogP contribution in [0.25, 0.3) is 11.0 Å². The second-order valence-electron chi connectivity index (χ2n) is 7.97. The van der Waals surface area contributed by atoms with Gasteiger partial charge in [-0.25, -0.2) is 4.98 Å². The van der Waals surface area contributed by atoms with E-state index in [0.29, 0.717) is 17.6 Å². The number of nitrogens with zero attached hydrogens (tertiary/aromatic N) is 4. The predicted molar refractivity (Wildman–Crippen MR) is 122 cm³/mol. The number of likely N-dealkylation sites (N-methyl/N-ethyl adjacent to an activating group) is 1. The molecule has 162 valence electrons. The molecule has 1 fully saturated rings. The lowest BCUT2D eigenvalue weighted by Gasteiger charge is -2.34. The molecule has 1 aliphatic heterocycles. The van der Waals surface area contributed by atoms with E-state index >= 15 is 0 Å². The van der Waals surface area contributed by atoms with E-state index in [0.717, 1.165) is 44.8 Å². The summed E-state index contributed by atoms with van der Waals surface area (Å²) < 4.78 is 1.46. The van der Waals surface area contributed by atoms with Crippen molar-refractivity contribution in [2.45, 2.75) is 26.6 Å². The highest BCUT2D eigenvalue weighted by atomic mass is 16.2. The van der Waals surface area contributed by atoms with Crippen molar-refractivity contribution in [2.24, 2.45) is 0 Å². The van der Waals surface area contributed by atoms with Gasteiger partial charge in [-0.15, -0.1) is 0 Å². The van der Waals surface area contributed by atoms with Crippen molar-refractivity contribution >= 4 is 16.9 Å². The molecule has 1 saturated heterocycles. The molecule has 0 aliphatic carbocycles.